The van der Waals surface area contributed by atoms with Gasteiger partial charge in [0.25, 0.3) is 0 Å². The van der Waals surface area contributed by atoms with Gasteiger partial charge in [0.2, 0.25) is 17.6 Å². The minimum Gasteiger partial charge on any atom is -0.454 e. The molecular formula is C35H22N4O3. The molecule has 7 aromatic rings. The fourth-order valence-corrected chi connectivity index (χ4v) is 5.28. The molecule has 0 bridgehead atoms. The van der Waals surface area contributed by atoms with Gasteiger partial charge in [-0.3, -0.25) is 4.98 Å². The molecular weight excluding hydrogens is 524 g/mol. The summed E-state index contributed by atoms with van der Waals surface area (Å²) in [6.45, 7) is 0. The van der Waals surface area contributed by atoms with Gasteiger partial charge in [-0.25, -0.2) is 4.98 Å². The van der Waals surface area contributed by atoms with Crippen LogP contribution in [0.3, 0.4) is 0 Å². The molecule has 0 amide bonds. The molecule has 0 unspecified atom stereocenters. The first kappa shape index (κ1) is 23.9. The van der Waals surface area contributed by atoms with Crippen molar-refractivity contribution in [3.8, 4) is 23.4 Å². The normalized spacial score (nSPS) is 12.1. The summed E-state index contributed by atoms with van der Waals surface area (Å²) in [5, 5.41) is 0.947. The summed E-state index contributed by atoms with van der Waals surface area (Å²) in [7, 11) is 0. The van der Waals surface area contributed by atoms with Crippen LogP contribution in [0.5, 0.6) is 23.4 Å². The van der Waals surface area contributed by atoms with Crippen molar-refractivity contribution in [2.45, 2.75) is 0 Å². The third-order valence-corrected chi connectivity index (χ3v) is 7.10. The lowest BCUT2D eigenvalue weighted by molar-refractivity contribution is 0.417. The molecule has 42 heavy (non-hydrogen) atoms. The summed E-state index contributed by atoms with van der Waals surface area (Å²) >= 11 is 0. The Bertz CT molecular complexity index is 2120. The van der Waals surface area contributed by atoms with Crippen molar-refractivity contribution in [2.24, 2.45) is 0 Å². The number of anilines is 3. The molecule has 3 aromatic carbocycles. The van der Waals surface area contributed by atoms with Gasteiger partial charge >= 0.3 is 0 Å². The molecule has 0 N–H and O–H groups in total. The minimum absolute atomic E-state index is 0.394. The number of ether oxygens (including phenoxy) is 2. The Morgan fingerprint density at radius 2 is 1.29 bits per heavy atom. The Kier molecular flexibility index (Phi) is 5.64. The number of nitrogens with zero attached hydrogens (tertiary/aromatic N) is 4. The maximum Gasteiger partial charge on any atom is 0.224 e. The van der Waals surface area contributed by atoms with E-state index in [0.717, 1.165) is 50.3 Å². The van der Waals surface area contributed by atoms with E-state index in [-0.39, 0.29) is 0 Å². The summed E-state index contributed by atoms with van der Waals surface area (Å²) in [4.78, 5) is 15.7. The third kappa shape index (κ3) is 4.20. The van der Waals surface area contributed by atoms with Gasteiger partial charge in [-0.05, 0) is 59.7 Å². The zero-order valence-electron chi connectivity index (χ0n) is 22.2. The van der Waals surface area contributed by atoms with Crippen LogP contribution in [0.2, 0.25) is 0 Å². The first-order valence-corrected chi connectivity index (χ1v) is 13.5. The van der Waals surface area contributed by atoms with Crippen LogP contribution in [0.1, 0.15) is 11.1 Å². The zero-order valence-corrected chi connectivity index (χ0v) is 22.2. The van der Waals surface area contributed by atoms with E-state index in [4.69, 9.17) is 13.9 Å². The van der Waals surface area contributed by atoms with Gasteiger partial charge in [0, 0.05) is 36.7 Å². The Balaban J connectivity index is 1.25. The number of hydrogen-bond acceptors (Lipinski definition) is 7. The van der Waals surface area contributed by atoms with Crippen molar-refractivity contribution in [3.63, 3.8) is 0 Å². The number of hydrogen-bond donors (Lipinski definition) is 0. The third-order valence-electron chi connectivity index (χ3n) is 7.10. The molecule has 8 rings (SSSR count). The molecule has 1 aliphatic rings. The average Bonchev–Trinajstić information content (AvgIpc) is 3.33. The van der Waals surface area contributed by atoms with Gasteiger partial charge in [-0.2, -0.15) is 4.98 Å². The predicted molar refractivity (Wildman–Crippen MR) is 164 cm³/mol. The molecule has 5 heterocycles. The molecule has 0 spiro atoms. The van der Waals surface area contributed by atoms with E-state index < -0.39 is 0 Å². The molecule has 200 valence electrons. The van der Waals surface area contributed by atoms with Crippen LogP contribution in [0.4, 0.5) is 17.1 Å². The second kappa shape index (κ2) is 9.91. The Hall–Kier alpha value is -5.95. The lowest BCUT2D eigenvalue weighted by atomic mass is 10.1. The molecule has 7 nitrogen and oxygen atoms in total. The molecule has 0 radical (unpaired) electrons. The molecule has 0 saturated carbocycles. The number of para-hydroxylation sites is 1. The second-order valence-corrected chi connectivity index (χ2v) is 9.74. The van der Waals surface area contributed by atoms with E-state index in [1.807, 2.05) is 66.7 Å². The standard InChI is InChI=1S/C35H22N4O3/c1-2-9-26-23(8-1)16-17-24-18-19-25(40-32-14-6-15-33(38-32)42-31-13-3-4-20-36-31)22-28(24)39(26)27-10-5-11-29-34(27)35-30(41-29)12-7-21-37-35/h1-22H. The van der Waals surface area contributed by atoms with Crippen molar-refractivity contribution in [1.29, 1.82) is 0 Å². The average molecular weight is 547 g/mol. The van der Waals surface area contributed by atoms with Gasteiger partial charge in [-0.15, -0.1) is 0 Å². The van der Waals surface area contributed by atoms with Crippen LogP contribution < -0.4 is 14.4 Å². The Morgan fingerprint density at radius 1 is 0.548 bits per heavy atom. The van der Waals surface area contributed by atoms with Crippen LogP contribution in [0.25, 0.3) is 34.2 Å². The van der Waals surface area contributed by atoms with Crippen molar-refractivity contribution in [3.05, 3.63) is 133 Å². The maximum atomic E-state index is 6.29. The molecule has 7 heteroatoms. The van der Waals surface area contributed by atoms with Gasteiger partial charge in [0.15, 0.2) is 5.58 Å². The zero-order chi connectivity index (χ0) is 27.9. The smallest absolute Gasteiger partial charge is 0.224 e. The van der Waals surface area contributed by atoms with Gasteiger partial charge in [0.05, 0.1) is 22.4 Å². The number of benzene rings is 3. The number of furan rings is 1. The van der Waals surface area contributed by atoms with Gasteiger partial charge in [0.1, 0.15) is 16.8 Å². The summed E-state index contributed by atoms with van der Waals surface area (Å²) < 4.78 is 18.3. The summed E-state index contributed by atoms with van der Waals surface area (Å²) in [6, 6.07) is 35.2. The minimum atomic E-state index is 0.394. The van der Waals surface area contributed by atoms with E-state index in [9.17, 15) is 0 Å². The highest BCUT2D eigenvalue weighted by Crippen LogP contribution is 2.47. The van der Waals surface area contributed by atoms with Crippen LogP contribution in [0.15, 0.2) is 126 Å². The highest BCUT2D eigenvalue weighted by Gasteiger charge is 2.24. The lowest BCUT2D eigenvalue weighted by Gasteiger charge is -2.28. The van der Waals surface area contributed by atoms with Crippen LogP contribution in [-0.2, 0) is 0 Å². The largest absolute Gasteiger partial charge is 0.454 e. The van der Waals surface area contributed by atoms with Crippen molar-refractivity contribution in [2.75, 3.05) is 4.90 Å². The van der Waals surface area contributed by atoms with Gasteiger partial charge < -0.3 is 18.8 Å². The van der Waals surface area contributed by atoms with E-state index in [0.29, 0.717) is 23.4 Å². The number of aromatic nitrogens is 3. The molecule has 4 aromatic heterocycles. The molecule has 0 aliphatic carbocycles. The fraction of sp³-hybridized carbons (Fsp3) is 0. The van der Waals surface area contributed by atoms with Crippen molar-refractivity contribution >= 4 is 51.3 Å². The number of rotatable bonds is 5. The van der Waals surface area contributed by atoms with Crippen molar-refractivity contribution < 1.29 is 13.9 Å². The molecule has 1 aliphatic heterocycles. The van der Waals surface area contributed by atoms with E-state index in [1.165, 1.54) is 0 Å². The maximum absolute atomic E-state index is 6.29. The van der Waals surface area contributed by atoms with E-state index in [2.05, 4.69) is 56.3 Å². The molecule has 0 saturated heterocycles. The fourth-order valence-electron chi connectivity index (χ4n) is 5.28. The van der Waals surface area contributed by atoms with Crippen molar-refractivity contribution in [1.82, 2.24) is 15.0 Å². The number of fused-ring (bicyclic) bond motifs is 5. The first-order valence-electron chi connectivity index (χ1n) is 13.5. The van der Waals surface area contributed by atoms with Crippen LogP contribution in [0, 0.1) is 0 Å². The monoisotopic (exact) mass is 546 g/mol. The summed E-state index contributed by atoms with van der Waals surface area (Å²) in [6.07, 6.45) is 7.74. The Morgan fingerprint density at radius 3 is 2.19 bits per heavy atom. The van der Waals surface area contributed by atoms with Crippen LogP contribution in [-0.4, -0.2) is 15.0 Å². The van der Waals surface area contributed by atoms with E-state index in [1.54, 1.807) is 30.6 Å². The predicted octanol–water partition coefficient (Wildman–Crippen LogP) is 9.31. The lowest BCUT2D eigenvalue weighted by Crippen LogP contribution is -2.12. The highest BCUT2D eigenvalue weighted by molar-refractivity contribution is 6.12. The summed E-state index contributed by atoms with van der Waals surface area (Å²) in [5.74, 6) is 1.90. The highest BCUT2D eigenvalue weighted by atomic mass is 16.5. The molecule has 0 fully saturated rings. The van der Waals surface area contributed by atoms with Crippen LogP contribution >= 0.6 is 0 Å². The summed E-state index contributed by atoms with van der Waals surface area (Å²) in [5.41, 5.74) is 7.42. The second-order valence-electron chi connectivity index (χ2n) is 9.74. The first-order chi connectivity index (χ1) is 20.8. The SMILES string of the molecule is C1=Cc2ccc(Oc3cccc(Oc4ccccn4)n3)cc2N(c2cccc3oc4cccnc4c23)c2ccccc21. The quantitative estimate of drug-likeness (QED) is 0.213. The topological polar surface area (TPSA) is 73.5 Å². The molecule has 0 atom stereocenters. The van der Waals surface area contributed by atoms with E-state index >= 15 is 0 Å². The van der Waals surface area contributed by atoms with Gasteiger partial charge in [-0.1, -0.05) is 48.6 Å². The number of pyridine rings is 3. The Labute approximate surface area is 240 Å².